The lowest BCUT2D eigenvalue weighted by molar-refractivity contribution is -0.757. The molecule has 2 aromatic rings. The SMILES string of the molecule is CS(=O)(=O)c1ccc(-c2cc(C(CCCCCO[N+](=O)[O-])N=O)nn2C2CCCCC2)cc1. The van der Waals surface area contributed by atoms with E-state index in [0.29, 0.717) is 31.4 Å². The maximum Gasteiger partial charge on any atom is 0.294 e. The van der Waals surface area contributed by atoms with Crippen molar-refractivity contribution in [2.24, 2.45) is 5.18 Å². The standard InChI is InChI=1S/C22H30N4O6S/c1-33(30,31)19-13-11-17(12-14-19)22-16-21(23-25(22)18-8-4-2-5-9-18)20(24-27)10-6-3-7-15-32-26(28)29/h11-14,16,18,20H,2-10,15H2,1H3. The Labute approximate surface area is 193 Å². The van der Waals surface area contributed by atoms with Crippen molar-refractivity contribution in [2.75, 3.05) is 12.9 Å². The maximum atomic E-state index is 11.8. The van der Waals surface area contributed by atoms with E-state index in [2.05, 4.69) is 10.0 Å². The minimum absolute atomic E-state index is 0.0378. The first-order chi connectivity index (χ1) is 15.8. The zero-order chi connectivity index (χ0) is 23.8. The molecule has 0 bridgehead atoms. The van der Waals surface area contributed by atoms with E-state index in [0.717, 1.165) is 36.9 Å². The molecule has 10 nitrogen and oxygen atoms in total. The summed E-state index contributed by atoms with van der Waals surface area (Å²) in [7, 11) is -3.29. The number of hydrogen-bond donors (Lipinski definition) is 0. The predicted octanol–water partition coefficient (Wildman–Crippen LogP) is 5.04. The molecule has 0 amide bonds. The molecule has 1 fully saturated rings. The zero-order valence-electron chi connectivity index (χ0n) is 18.8. The molecule has 33 heavy (non-hydrogen) atoms. The lowest BCUT2D eigenvalue weighted by Gasteiger charge is -2.24. The maximum absolute atomic E-state index is 11.8. The van der Waals surface area contributed by atoms with Crippen LogP contribution in [-0.4, -0.2) is 36.1 Å². The first-order valence-electron chi connectivity index (χ1n) is 11.3. The Morgan fingerprint density at radius 3 is 2.48 bits per heavy atom. The molecular formula is C22H30N4O6S. The van der Waals surface area contributed by atoms with Crippen LogP contribution in [0.3, 0.4) is 0 Å². The molecule has 1 aliphatic carbocycles. The van der Waals surface area contributed by atoms with Gasteiger partial charge in [0.15, 0.2) is 9.84 Å². The Balaban J connectivity index is 1.80. The third-order valence-corrected chi connectivity index (χ3v) is 7.17. The van der Waals surface area contributed by atoms with Gasteiger partial charge in [-0.1, -0.05) is 49.4 Å². The molecule has 0 aliphatic heterocycles. The number of benzene rings is 1. The van der Waals surface area contributed by atoms with E-state index in [9.17, 15) is 23.4 Å². The Bertz CT molecular complexity index is 1050. The highest BCUT2D eigenvalue weighted by atomic mass is 32.2. The van der Waals surface area contributed by atoms with Crippen LogP contribution in [0.15, 0.2) is 40.4 Å². The predicted molar refractivity (Wildman–Crippen MR) is 123 cm³/mol. The molecule has 180 valence electrons. The molecule has 0 saturated heterocycles. The number of sulfone groups is 1. The van der Waals surface area contributed by atoms with Crippen molar-refractivity contribution >= 4 is 9.84 Å². The summed E-state index contributed by atoms with van der Waals surface area (Å²) in [6, 6.07) is 8.22. The van der Waals surface area contributed by atoms with E-state index in [-0.39, 0.29) is 17.5 Å². The monoisotopic (exact) mass is 478 g/mol. The first-order valence-corrected chi connectivity index (χ1v) is 13.2. The number of unbranched alkanes of at least 4 members (excludes halogenated alkanes) is 2. The quantitative estimate of drug-likeness (QED) is 0.181. The number of nitroso groups, excluding NO2 is 1. The Hall–Kier alpha value is -2.82. The van der Waals surface area contributed by atoms with Crippen molar-refractivity contribution in [2.45, 2.75) is 74.8 Å². The first kappa shape index (κ1) is 24.8. The summed E-state index contributed by atoms with van der Waals surface area (Å²) >= 11 is 0. The summed E-state index contributed by atoms with van der Waals surface area (Å²) < 4.78 is 25.6. The lowest BCUT2D eigenvalue weighted by Crippen LogP contribution is -2.15. The van der Waals surface area contributed by atoms with Crippen LogP contribution in [0.5, 0.6) is 0 Å². The smallest absolute Gasteiger partial charge is 0.294 e. The van der Waals surface area contributed by atoms with E-state index in [1.165, 1.54) is 12.7 Å². The van der Waals surface area contributed by atoms with E-state index in [4.69, 9.17) is 5.10 Å². The van der Waals surface area contributed by atoms with Crippen LogP contribution in [0, 0.1) is 15.0 Å². The Morgan fingerprint density at radius 2 is 1.88 bits per heavy atom. The molecule has 11 heteroatoms. The molecule has 0 spiro atoms. The number of aromatic nitrogens is 2. The van der Waals surface area contributed by atoms with Crippen LogP contribution in [0.1, 0.15) is 75.6 Å². The van der Waals surface area contributed by atoms with Crippen LogP contribution < -0.4 is 0 Å². The highest BCUT2D eigenvalue weighted by molar-refractivity contribution is 7.90. The molecule has 1 saturated carbocycles. The third kappa shape index (κ3) is 6.83. The van der Waals surface area contributed by atoms with Gasteiger partial charge in [0.25, 0.3) is 5.09 Å². The van der Waals surface area contributed by atoms with Crippen molar-refractivity contribution in [3.05, 3.63) is 51.0 Å². The second-order valence-corrected chi connectivity index (χ2v) is 10.5. The van der Waals surface area contributed by atoms with Gasteiger partial charge in [0, 0.05) is 6.26 Å². The van der Waals surface area contributed by atoms with Gasteiger partial charge in [-0.2, -0.15) is 10.0 Å². The van der Waals surface area contributed by atoms with Crippen molar-refractivity contribution < 1.29 is 18.3 Å². The summed E-state index contributed by atoms with van der Waals surface area (Å²) in [5, 5.41) is 17.5. The minimum Gasteiger partial charge on any atom is -0.314 e. The Morgan fingerprint density at radius 1 is 1.18 bits per heavy atom. The zero-order valence-corrected chi connectivity index (χ0v) is 19.6. The average molecular weight is 479 g/mol. The van der Waals surface area contributed by atoms with Crippen LogP contribution in [0.2, 0.25) is 0 Å². The number of hydrogen-bond acceptors (Lipinski definition) is 8. The van der Waals surface area contributed by atoms with Gasteiger partial charge in [-0.05, 0) is 49.4 Å². The van der Waals surface area contributed by atoms with Crippen molar-refractivity contribution in [1.82, 2.24) is 9.78 Å². The van der Waals surface area contributed by atoms with Gasteiger partial charge < -0.3 is 4.84 Å². The van der Waals surface area contributed by atoms with Gasteiger partial charge in [0.05, 0.1) is 28.9 Å². The summed E-state index contributed by atoms with van der Waals surface area (Å²) in [5.41, 5.74) is 2.29. The highest BCUT2D eigenvalue weighted by Gasteiger charge is 2.24. The normalized spacial score (nSPS) is 15.8. The van der Waals surface area contributed by atoms with Crippen LogP contribution in [-0.2, 0) is 14.7 Å². The number of rotatable bonds is 12. The summed E-state index contributed by atoms with van der Waals surface area (Å²) in [6.45, 7) is 0.0378. The molecule has 1 atom stereocenters. The van der Waals surface area contributed by atoms with Crippen molar-refractivity contribution in [3.63, 3.8) is 0 Å². The van der Waals surface area contributed by atoms with Crippen LogP contribution in [0.25, 0.3) is 11.3 Å². The third-order valence-electron chi connectivity index (χ3n) is 6.04. The van der Waals surface area contributed by atoms with E-state index in [1.54, 1.807) is 24.3 Å². The molecule has 0 N–H and O–H groups in total. The fraction of sp³-hybridized carbons (Fsp3) is 0.591. The summed E-state index contributed by atoms with van der Waals surface area (Å²) in [4.78, 5) is 26.4. The number of nitrogens with zero attached hydrogens (tertiary/aromatic N) is 4. The van der Waals surface area contributed by atoms with Crippen LogP contribution >= 0.6 is 0 Å². The molecule has 3 rings (SSSR count). The van der Waals surface area contributed by atoms with E-state index < -0.39 is 21.0 Å². The highest BCUT2D eigenvalue weighted by Crippen LogP contribution is 2.35. The van der Waals surface area contributed by atoms with Crippen molar-refractivity contribution in [1.29, 1.82) is 0 Å². The second-order valence-electron chi connectivity index (χ2n) is 8.51. The van der Waals surface area contributed by atoms with Crippen LogP contribution in [0.4, 0.5) is 0 Å². The van der Waals surface area contributed by atoms with Gasteiger partial charge in [0.2, 0.25) is 0 Å². The molecule has 1 heterocycles. The molecule has 1 aromatic heterocycles. The van der Waals surface area contributed by atoms with Gasteiger partial charge in [-0.15, -0.1) is 10.1 Å². The fourth-order valence-corrected chi connectivity index (χ4v) is 4.91. The molecular weight excluding hydrogens is 448 g/mol. The van der Waals surface area contributed by atoms with Gasteiger partial charge in [-0.25, -0.2) is 8.42 Å². The minimum atomic E-state index is -3.29. The molecule has 1 aromatic carbocycles. The molecule has 1 unspecified atom stereocenters. The Kier molecular flexibility index (Phi) is 8.54. The fourth-order valence-electron chi connectivity index (χ4n) is 4.28. The van der Waals surface area contributed by atoms with E-state index >= 15 is 0 Å². The van der Waals surface area contributed by atoms with E-state index in [1.807, 2.05) is 10.7 Å². The average Bonchev–Trinajstić information content (AvgIpc) is 3.24. The second kappa shape index (κ2) is 11.4. The summed E-state index contributed by atoms with van der Waals surface area (Å²) in [6.07, 6.45) is 9.00. The van der Waals surface area contributed by atoms with Gasteiger partial charge >= 0.3 is 0 Å². The molecule has 0 radical (unpaired) electrons. The van der Waals surface area contributed by atoms with Gasteiger partial charge in [0.1, 0.15) is 6.04 Å². The largest absolute Gasteiger partial charge is 0.314 e. The topological polar surface area (TPSA) is 134 Å². The summed E-state index contributed by atoms with van der Waals surface area (Å²) in [5.74, 6) is 0. The lowest BCUT2D eigenvalue weighted by atomic mass is 9.95. The van der Waals surface area contributed by atoms with Crippen molar-refractivity contribution in [3.8, 4) is 11.3 Å². The molecule has 1 aliphatic rings. The van der Waals surface area contributed by atoms with Gasteiger partial charge in [-0.3, -0.25) is 4.68 Å².